The van der Waals surface area contributed by atoms with Crippen LogP contribution in [0.1, 0.15) is 48.4 Å². The van der Waals surface area contributed by atoms with Gasteiger partial charge >= 0.3 is 11.9 Å². The fraction of sp³-hybridized carbons (Fsp3) is 0.500. The molecule has 0 saturated heterocycles. The van der Waals surface area contributed by atoms with Gasteiger partial charge in [-0.3, -0.25) is 0 Å². The monoisotopic (exact) mass is 296 g/mol. The number of quaternary nitrogens is 1. The summed E-state index contributed by atoms with van der Waals surface area (Å²) in [6.07, 6.45) is 0. The first-order valence-electron chi connectivity index (χ1n) is 7.27. The zero-order chi connectivity index (χ0) is 16.5. The highest BCUT2D eigenvalue weighted by Gasteiger charge is 2.16. The van der Waals surface area contributed by atoms with Crippen LogP contribution >= 0.6 is 0 Å². The lowest BCUT2D eigenvalue weighted by Crippen LogP contribution is -2.47. The van der Waals surface area contributed by atoms with E-state index in [0.29, 0.717) is 0 Å². The minimum Gasteiger partial charge on any atom is -0.478 e. The van der Waals surface area contributed by atoms with Gasteiger partial charge in [0.1, 0.15) is 0 Å². The first-order valence-corrected chi connectivity index (χ1v) is 7.27. The molecule has 0 amide bonds. The summed E-state index contributed by atoms with van der Waals surface area (Å²) in [6, 6.07) is 5.02. The van der Waals surface area contributed by atoms with Crippen LogP contribution in [0.3, 0.4) is 0 Å². The molecule has 0 aliphatic carbocycles. The number of hydrogen-bond donors (Lipinski definition) is 2. The normalized spacial score (nSPS) is 10.5. The molecule has 1 aromatic carbocycles. The smallest absolute Gasteiger partial charge is 0.335 e. The molecule has 5 nitrogen and oxygen atoms in total. The molecule has 1 aromatic rings. The fourth-order valence-corrected chi connectivity index (χ4v) is 2.10. The molecule has 0 atom stereocenters. The molecule has 0 heterocycles. The number of aromatic carboxylic acids is 2. The molecule has 2 N–H and O–H groups in total. The summed E-state index contributed by atoms with van der Waals surface area (Å²) in [4.78, 5) is 20.7. The molecular weight excluding hydrogens is 270 g/mol. The van der Waals surface area contributed by atoms with Crippen LogP contribution < -0.4 is 0 Å². The lowest BCUT2D eigenvalue weighted by atomic mass is 10.1. The summed E-state index contributed by atoms with van der Waals surface area (Å²) in [6.45, 7) is 14.2. The number of carboxylic acids is 2. The quantitative estimate of drug-likeness (QED) is 0.791. The Balaban J connectivity index is 0.000000400. The van der Waals surface area contributed by atoms with Gasteiger partial charge in [0, 0.05) is 0 Å². The molecule has 0 aromatic heterocycles. The van der Waals surface area contributed by atoms with Crippen LogP contribution in [0, 0.1) is 0 Å². The highest BCUT2D eigenvalue weighted by molar-refractivity contribution is 5.91. The summed E-state index contributed by atoms with van der Waals surface area (Å²) in [5.41, 5.74) is 0.167. The van der Waals surface area contributed by atoms with Crippen molar-refractivity contribution in [2.24, 2.45) is 0 Å². The molecule has 5 heteroatoms. The van der Waals surface area contributed by atoms with Gasteiger partial charge in [-0.25, -0.2) is 9.59 Å². The molecule has 0 aliphatic rings. The Morgan fingerprint density at radius 3 is 1.10 bits per heavy atom. The van der Waals surface area contributed by atoms with Gasteiger partial charge in [0.2, 0.25) is 0 Å². The maximum Gasteiger partial charge on any atom is 0.335 e. The molecule has 0 radical (unpaired) electrons. The Labute approximate surface area is 126 Å². The van der Waals surface area contributed by atoms with E-state index in [9.17, 15) is 9.59 Å². The SMILES string of the molecule is CC[N+](CC)(CC)CC.O=C(O)c1ccc(C(=O)O)cc1. The van der Waals surface area contributed by atoms with E-state index in [1.807, 2.05) is 0 Å². The van der Waals surface area contributed by atoms with Crippen molar-refractivity contribution in [3.8, 4) is 0 Å². The maximum atomic E-state index is 10.3. The van der Waals surface area contributed by atoms with Crippen LogP contribution in [0.4, 0.5) is 0 Å². The first kappa shape index (κ1) is 19.1. The summed E-state index contributed by atoms with van der Waals surface area (Å²) >= 11 is 0. The molecule has 0 bridgehead atoms. The summed E-state index contributed by atoms with van der Waals surface area (Å²) < 4.78 is 1.28. The predicted molar refractivity (Wildman–Crippen MR) is 82.8 cm³/mol. The highest BCUT2D eigenvalue weighted by Crippen LogP contribution is 2.04. The van der Waals surface area contributed by atoms with E-state index < -0.39 is 11.9 Å². The average molecular weight is 296 g/mol. The minimum absolute atomic E-state index is 0.0833. The number of hydrogen-bond acceptors (Lipinski definition) is 2. The van der Waals surface area contributed by atoms with Crippen LogP contribution in [-0.4, -0.2) is 52.8 Å². The summed E-state index contributed by atoms with van der Waals surface area (Å²) in [7, 11) is 0. The van der Waals surface area contributed by atoms with Crippen molar-refractivity contribution in [2.45, 2.75) is 27.7 Å². The number of rotatable bonds is 6. The van der Waals surface area contributed by atoms with Gasteiger partial charge in [-0.1, -0.05) is 0 Å². The third-order valence-corrected chi connectivity index (χ3v) is 4.06. The van der Waals surface area contributed by atoms with Crippen LogP contribution in [-0.2, 0) is 0 Å². The van der Waals surface area contributed by atoms with Crippen LogP contribution in [0.25, 0.3) is 0 Å². The Morgan fingerprint density at radius 1 is 0.762 bits per heavy atom. The van der Waals surface area contributed by atoms with Crippen molar-refractivity contribution in [2.75, 3.05) is 26.2 Å². The van der Waals surface area contributed by atoms with Gasteiger partial charge in [-0.05, 0) is 52.0 Å². The van der Waals surface area contributed by atoms with Crippen LogP contribution in [0.5, 0.6) is 0 Å². The summed E-state index contributed by atoms with van der Waals surface area (Å²) in [5, 5.41) is 16.9. The topological polar surface area (TPSA) is 74.6 Å². The zero-order valence-electron chi connectivity index (χ0n) is 13.3. The largest absolute Gasteiger partial charge is 0.478 e. The van der Waals surface area contributed by atoms with Crippen molar-refractivity contribution in [1.82, 2.24) is 0 Å². The average Bonchev–Trinajstić information content (AvgIpc) is 2.51. The first-order chi connectivity index (χ1) is 9.85. The number of carbonyl (C=O) groups is 2. The molecular formula is C16H26NO4+. The Morgan fingerprint density at radius 2 is 1.00 bits per heavy atom. The lowest BCUT2D eigenvalue weighted by molar-refractivity contribution is -0.921. The Bertz CT molecular complexity index is 399. The second kappa shape index (κ2) is 9.13. The van der Waals surface area contributed by atoms with Gasteiger partial charge in [-0.15, -0.1) is 0 Å². The maximum absolute atomic E-state index is 10.3. The zero-order valence-corrected chi connectivity index (χ0v) is 13.3. The highest BCUT2D eigenvalue weighted by atomic mass is 16.4. The number of carboxylic acid groups (broad SMARTS) is 2. The second-order valence-electron chi connectivity index (χ2n) is 4.79. The third-order valence-electron chi connectivity index (χ3n) is 4.06. The molecule has 0 spiro atoms. The molecule has 0 unspecified atom stereocenters. The predicted octanol–water partition coefficient (Wildman–Crippen LogP) is 2.97. The van der Waals surface area contributed by atoms with E-state index >= 15 is 0 Å². The Kier molecular flexibility index (Phi) is 8.31. The van der Waals surface area contributed by atoms with E-state index in [1.165, 1.54) is 54.9 Å². The van der Waals surface area contributed by atoms with E-state index in [4.69, 9.17) is 10.2 Å². The van der Waals surface area contributed by atoms with Gasteiger partial charge in [0.05, 0.1) is 37.3 Å². The number of nitrogens with zero attached hydrogens (tertiary/aromatic N) is 1. The molecule has 0 aliphatic heterocycles. The molecule has 21 heavy (non-hydrogen) atoms. The van der Waals surface area contributed by atoms with Crippen molar-refractivity contribution < 1.29 is 24.3 Å². The van der Waals surface area contributed by atoms with Crippen molar-refractivity contribution in [3.05, 3.63) is 35.4 Å². The molecule has 118 valence electrons. The van der Waals surface area contributed by atoms with Gasteiger partial charge in [-0.2, -0.15) is 0 Å². The lowest BCUT2D eigenvalue weighted by Gasteiger charge is -2.34. The van der Waals surface area contributed by atoms with Gasteiger partial charge in [0.15, 0.2) is 0 Å². The van der Waals surface area contributed by atoms with Crippen LogP contribution in [0.2, 0.25) is 0 Å². The van der Waals surface area contributed by atoms with Crippen molar-refractivity contribution >= 4 is 11.9 Å². The van der Waals surface area contributed by atoms with E-state index in [-0.39, 0.29) is 11.1 Å². The Hall–Kier alpha value is -1.88. The summed E-state index contributed by atoms with van der Waals surface area (Å²) in [5.74, 6) is -2.13. The number of benzene rings is 1. The molecule has 1 rings (SSSR count). The minimum atomic E-state index is -1.06. The van der Waals surface area contributed by atoms with Crippen molar-refractivity contribution in [3.63, 3.8) is 0 Å². The van der Waals surface area contributed by atoms with Crippen LogP contribution in [0.15, 0.2) is 24.3 Å². The third kappa shape index (κ3) is 5.95. The van der Waals surface area contributed by atoms with E-state index in [0.717, 1.165) is 0 Å². The standard InChI is InChI=1S/C8H20N.C8H6O4/c1-5-9(6-2,7-3)8-4;9-7(10)5-1-2-6(4-3-5)8(11)12/h5-8H2,1-4H3;1-4H,(H,9,10)(H,11,12)/q+1;. The van der Waals surface area contributed by atoms with E-state index in [1.54, 1.807) is 0 Å². The molecule has 0 fully saturated rings. The van der Waals surface area contributed by atoms with Gasteiger partial charge < -0.3 is 14.7 Å². The van der Waals surface area contributed by atoms with E-state index in [2.05, 4.69) is 27.7 Å². The van der Waals surface area contributed by atoms with Crippen molar-refractivity contribution in [1.29, 1.82) is 0 Å². The fourth-order valence-electron chi connectivity index (χ4n) is 2.10. The molecule has 0 saturated carbocycles. The van der Waals surface area contributed by atoms with Gasteiger partial charge in [0.25, 0.3) is 0 Å². The second-order valence-corrected chi connectivity index (χ2v) is 4.79.